The van der Waals surface area contributed by atoms with Crippen LogP contribution in [0.2, 0.25) is 5.02 Å². The number of likely N-dealkylation sites (tertiary alicyclic amines) is 1. The summed E-state index contributed by atoms with van der Waals surface area (Å²) in [6, 6.07) is 4.24. The summed E-state index contributed by atoms with van der Waals surface area (Å²) in [6.07, 6.45) is 2.83. The summed E-state index contributed by atoms with van der Waals surface area (Å²) in [5, 5.41) is 0.152. The number of amides is 1. The lowest BCUT2D eigenvalue weighted by molar-refractivity contribution is 0.0634. The molecule has 1 amide bonds. The lowest BCUT2D eigenvalue weighted by Crippen LogP contribution is -2.45. The van der Waals surface area contributed by atoms with E-state index in [-0.39, 0.29) is 22.5 Å². The average Bonchev–Trinajstić information content (AvgIpc) is 2.38. The number of carbonyl (C=O) groups excluding carboxylic acids is 1. The van der Waals surface area contributed by atoms with Gasteiger partial charge in [0.05, 0.1) is 10.6 Å². The van der Waals surface area contributed by atoms with Gasteiger partial charge in [0, 0.05) is 18.5 Å². The van der Waals surface area contributed by atoms with Gasteiger partial charge in [-0.3, -0.25) is 4.79 Å². The molecular weight excluding hydrogens is 276 g/mol. The normalized spacial score (nSPS) is 19.9. The molecule has 5 heteroatoms. The zero-order chi connectivity index (χ0) is 13.1. The molecule has 0 bridgehead atoms. The van der Waals surface area contributed by atoms with Crippen molar-refractivity contribution in [1.29, 1.82) is 0 Å². The molecule has 0 aromatic heterocycles. The van der Waals surface area contributed by atoms with Crippen LogP contribution in [0.1, 0.15) is 29.6 Å². The van der Waals surface area contributed by atoms with Gasteiger partial charge >= 0.3 is 0 Å². The summed E-state index contributed by atoms with van der Waals surface area (Å²) in [7, 11) is 0. The van der Waals surface area contributed by atoms with Gasteiger partial charge in [0.2, 0.25) is 0 Å². The van der Waals surface area contributed by atoms with Gasteiger partial charge in [-0.1, -0.05) is 17.7 Å². The Kier molecular flexibility index (Phi) is 4.46. The largest absolute Gasteiger partial charge is 0.334 e. The molecule has 18 heavy (non-hydrogen) atoms. The van der Waals surface area contributed by atoms with E-state index in [1.54, 1.807) is 4.90 Å². The summed E-state index contributed by atoms with van der Waals surface area (Å²) in [5.74, 6) is -0.562. The van der Waals surface area contributed by atoms with Crippen molar-refractivity contribution in [2.24, 2.45) is 0 Å². The van der Waals surface area contributed by atoms with Gasteiger partial charge in [-0.15, -0.1) is 11.6 Å². The first-order chi connectivity index (χ1) is 8.65. The number of hydrogen-bond donors (Lipinski definition) is 0. The number of rotatable bonds is 2. The number of halogens is 3. The molecule has 0 aliphatic carbocycles. The highest BCUT2D eigenvalue weighted by molar-refractivity contribution is 6.33. The molecule has 98 valence electrons. The zero-order valence-corrected chi connectivity index (χ0v) is 11.3. The van der Waals surface area contributed by atoms with Gasteiger partial charge in [-0.05, 0) is 31.4 Å². The predicted molar refractivity (Wildman–Crippen MR) is 70.8 cm³/mol. The second kappa shape index (κ2) is 5.89. The third-order valence-electron chi connectivity index (χ3n) is 3.24. The van der Waals surface area contributed by atoms with E-state index in [1.807, 2.05) is 0 Å². The third-order valence-corrected chi connectivity index (χ3v) is 3.91. The molecule has 1 aromatic carbocycles. The van der Waals surface area contributed by atoms with Crippen LogP contribution in [0.4, 0.5) is 4.39 Å². The lowest BCUT2D eigenvalue weighted by Gasteiger charge is -2.34. The first-order valence-electron chi connectivity index (χ1n) is 5.96. The van der Waals surface area contributed by atoms with Crippen LogP contribution in [-0.2, 0) is 0 Å². The van der Waals surface area contributed by atoms with Crippen molar-refractivity contribution in [2.75, 3.05) is 12.4 Å². The van der Waals surface area contributed by atoms with Crippen molar-refractivity contribution >= 4 is 29.1 Å². The minimum atomic E-state index is -0.577. The van der Waals surface area contributed by atoms with E-state index in [0.29, 0.717) is 12.4 Å². The van der Waals surface area contributed by atoms with E-state index in [9.17, 15) is 9.18 Å². The van der Waals surface area contributed by atoms with Crippen molar-refractivity contribution < 1.29 is 9.18 Å². The number of piperidine rings is 1. The summed E-state index contributed by atoms with van der Waals surface area (Å²) in [6.45, 7) is 0.612. The van der Waals surface area contributed by atoms with E-state index in [0.717, 1.165) is 19.3 Å². The van der Waals surface area contributed by atoms with E-state index < -0.39 is 5.82 Å². The first kappa shape index (κ1) is 13.6. The summed E-state index contributed by atoms with van der Waals surface area (Å²) in [5.41, 5.74) is -0.0452. The fourth-order valence-corrected chi connectivity index (χ4v) is 2.84. The van der Waals surface area contributed by atoms with Gasteiger partial charge < -0.3 is 4.90 Å². The van der Waals surface area contributed by atoms with Gasteiger partial charge in [-0.25, -0.2) is 4.39 Å². The molecule has 0 radical (unpaired) electrons. The molecular formula is C13H14Cl2FNO. The highest BCUT2D eigenvalue weighted by Gasteiger charge is 2.29. The fraction of sp³-hybridized carbons (Fsp3) is 0.462. The second-order valence-electron chi connectivity index (χ2n) is 4.40. The van der Waals surface area contributed by atoms with Crippen LogP contribution in [-0.4, -0.2) is 29.3 Å². The van der Waals surface area contributed by atoms with E-state index in [4.69, 9.17) is 23.2 Å². The maximum atomic E-state index is 13.7. The molecule has 0 saturated carbocycles. The predicted octanol–water partition coefficient (Wildman–Crippen LogP) is 3.71. The molecule has 0 N–H and O–H groups in total. The molecule has 1 atom stereocenters. The molecule has 1 saturated heterocycles. The third kappa shape index (κ3) is 2.62. The van der Waals surface area contributed by atoms with Crippen LogP contribution in [0.3, 0.4) is 0 Å². The number of hydrogen-bond acceptors (Lipinski definition) is 1. The Balaban J connectivity index is 2.30. The molecule has 1 aliphatic heterocycles. The van der Waals surface area contributed by atoms with Crippen LogP contribution in [0.25, 0.3) is 0 Å². The number of benzene rings is 1. The molecule has 1 heterocycles. The van der Waals surface area contributed by atoms with Crippen LogP contribution in [0.5, 0.6) is 0 Å². The van der Waals surface area contributed by atoms with Crippen molar-refractivity contribution in [1.82, 2.24) is 4.90 Å². The van der Waals surface area contributed by atoms with E-state index in [1.165, 1.54) is 18.2 Å². The molecule has 0 spiro atoms. The average molecular weight is 290 g/mol. The van der Waals surface area contributed by atoms with Crippen LogP contribution in [0, 0.1) is 5.82 Å². The summed E-state index contributed by atoms with van der Waals surface area (Å²) < 4.78 is 13.7. The standard InChI is InChI=1S/C13H14Cl2FNO/c14-8-9-4-1-2-7-17(9)13(18)12-10(15)5-3-6-11(12)16/h3,5-6,9H,1-2,4,7-8H2. The minimum Gasteiger partial charge on any atom is -0.334 e. The molecule has 1 unspecified atom stereocenters. The molecule has 1 fully saturated rings. The topological polar surface area (TPSA) is 20.3 Å². The van der Waals surface area contributed by atoms with Crippen molar-refractivity contribution in [2.45, 2.75) is 25.3 Å². The summed E-state index contributed by atoms with van der Waals surface area (Å²) in [4.78, 5) is 14.0. The van der Waals surface area contributed by atoms with Crippen LogP contribution in [0.15, 0.2) is 18.2 Å². The molecule has 1 aliphatic rings. The minimum absolute atomic E-state index is 0.0245. The zero-order valence-electron chi connectivity index (χ0n) is 9.83. The Bertz CT molecular complexity index is 432. The summed E-state index contributed by atoms with van der Waals surface area (Å²) >= 11 is 11.8. The monoisotopic (exact) mass is 289 g/mol. The van der Waals surface area contributed by atoms with E-state index >= 15 is 0 Å². The van der Waals surface area contributed by atoms with Gasteiger partial charge in [0.15, 0.2) is 0 Å². The molecule has 1 aromatic rings. The quantitative estimate of drug-likeness (QED) is 0.760. The Morgan fingerprint density at radius 2 is 2.22 bits per heavy atom. The van der Waals surface area contributed by atoms with Crippen LogP contribution >= 0.6 is 23.2 Å². The van der Waals surface area contributed by atoms with E-state index in [2.05, 4.69) is 0 Å². The molecule has 2 rings (SSSR count). The smallest absolute Gasteiger partial charge is 0.258 e. The van der Waals surface area contributed by atoms with Gasteiger partial charge in [-0.2, -0.15) is 0 Å². The number of alkyl halides is 1. The maximum absolute atomic E-state index is 13.7. The van der Waals surface area contributed by atoms with Gasteiger partial charge in [0.1, 0.15) is 5.82 Å². The Morgan fingerprint density at radius 1 is 1.44 bits per heavy atom. The number of nitrogens with zero attached hydrogens (tertiary/aromatic N) is 1. The Labute approximate surface area is 116 Å². The highest BCUT2D eigenvalue weighted by atomic mass is 35.5. The van der Waals surface area contributed by atoms with Crippen molar-refractivity contribution in [3.63, 3.8) is 0 Å². The number of carbonyl (C=O) groups is 1. The van der Waals surface area contributed by atoms with Crippen molar-refractivity contribution in [3.05, 3.63) is 34.6 Å². The highest BCUT2D eigenvalue weighted by Crippen LogP contribution is 2.25. The lowest BCUT2D eigenvalue weighted by atomic mass is 10.0. The van der Waals surface area contributed by atoms with Crippen LogP contribution < -0.4 is 0 Å². The Hall–Kier alpha value is -0.800. The maximum Gasteiger partial charge on any atom is 0.258 e. The Morgan fingerprint density at radius 3 is 2.89 bits per heavy atom. The molecule has 2 nitrogen and oxygen atoms in total. The second-order valence-corrected chi connectivity index (χ2v) is 5.11. The fourth-order valence-electron chi connectivity index (χ4n) is 2.27. The first-order valence-corrected chi connectivity index (χ1v) is 6.87. The van der Waals surface area contributed by atoms with Crippen molar-refractivity contribution in [3.8, 4) is 0 Å². The SMILES string of the molecule is O=C(c1c(F)cccc1Cl)N1CCCCC1CCl. The van der Waals surface area contributed by atoms with Gasteiger partial charge in [0.25, 0.3) is 5.91 Å².